The molecule has 26 heavy (non-hydrogen) atoms. The van der Waals surface area contributed by atoms with Crippen LogP contribution in [0, 0.1) is 6.92 Å². The number of pyridine rings is 1. The number of benzene rings is 1. The maximum absolute atomic E-state index is 11.8. The number of H-pyrrole nitrogens is 1. The Morgan fingerprint density at radius 2 is 2.15 bits per heavy atom. The SMILES string of the molecule is CCC(CCc1c(C(N)=O)c2ccc1o2)c1c(Cl)cnc2nc(C)[nH]c12. The number of primary amides is 1. The van der Waals surface area contributed by atoms with Crippen molar-refractivity contribution in [2.24, 2.45) is 5.73 Å². The van der Waals surface area contributed by atoms with Crippen LogP contribution in [0.2, 0.25) is 5.02 Å². The lowest BCUT2D eigenvalue weighted by Gasteiger charge is -2.17. The summed E-state index contributed by atoms with van der Waals surface area (Å²) in [5.41, 5.74) is 10.8. The molecule has 0 aliphatic rings. The van der Waals surface area contributed by atoms with Gasteiger partial charge in [-0.05, 0) is 44.2 Å². The van der Waals surface area contributed by atoms with Gasteiger partial charge in [0, 0.05) is 17.3 Å². The second-order valence-electron chi connectivity index (χ2n) is 6.57. The van der Waals surface area contributed by atoms with Crippen molar-refractivity contribution in [2.45, 2.75) is 39.0 Å². The van der Waals surface area contributed by atoms with E-state index in [9.17, 15) is 4.79 Å². The number of carbonyl (C=O) groups is 1. The predicted octanol–water partition coefficient (Wildman–Crippen LogP) is 4.33. The first-order valence-corrected chi connectivity index (χ1v) is 9.01. The number of aryl methyl sites for hydroxylation is 2. The van der Waals surface area contributed by atoms with Crippen LogP contribution in [0.1, 0.15) is 53.0 Å². The molecule has 134 valence electrons. The lowest BCUT2D eigenvalue weighted by atomic mass is 9.89. The topological polar surface area (TPSA) is 97.8 Å². The highest BCUT2D eigenvalue weighted by Crippen LogP contribution is 2.37. The number of fused-ring (bicyclic) bond motifs is 3. The van der Waals surface area contributed by atoms with Crippen molar-refractivity contribution in [2.75, 3.05) is 0 Å². The number of imidazole rings is 1. The fourth-order valence-electron chi connectivity index (χ4n) is 3.76. The van der Waals surface area contributed by atoms with Crippen LogP contribution in [0.5, 0.6) is 0 Å². The molecule has 0 spiro atoms. The third-order valence-corrected chi connectivity index (χ3v) is 5.27. The van der Waals surface area contributed by atoms with Crippen LogP contribution in [-0.4, -0.2) is 20.9 Å². The van der Waals surface area contributed by atoms with Crippen molar-refractivity contribution in [1.29, 1.82) is 0 Å². The molecule has 0 radical (unpaired) electrons. The molecule has 7 heteroatoms. The van der Waals surface area contributed by atoms with Gasteiger partial charge in [-0.2, -0.15) is 0 Å². The van der Waals surface area contributed by atoms with E-state index in [-0.39, 0.29) is 5.92 Å². The zero-order valence-electron chi connectivity index (χ0n) is 14.6. The van der Waals surface area contributed by atoms with Crippen LogP contribution >= 0.6 is 11.6 Å². The number of hydrogen-bond acceptors (Lipinski definition) is 4. The Morgan fingerprint density at radius 1 is 1.38 bits per heavy atom. The molecule has 4 aromatic rings. The van der Waals surface area contributed by atoms with Crippen LogP contribution < -0.4 is 5.73 Å². The van der Waals surface area contributed by atoms with Crippen LogP contribution in [-0.2, 0) is 6.42 Å². The molecule has 4 aromatic heterocycles. The minimum absolute atomic E-state index is 0.197. The molecule has 3 N–H and O–H groups in total. The van der Waals surface area contributed by atoms with Gasteiger partial charge in [-0.1, -0.05) is 18.5 Å². The molecular weight excluding hydrogens is 352 g/mol. The van der Waals surface area contributed by atoms with E-state index in [1.165, 1.54) is 0 Å². The number of amides is 1. The molecule has 1 atom stereocenters. The lowest BCUT2D eigenvalue weighted by Crippen LogP contribution is -2.13. The molecule has 0 aliphatic heterocycles. The number of aromatic nitrogens is 3. The highest BCUT2D eigenvalue weighted by Gasteiger charge is 2.24. The number of nitrogens with one attached hydrogen (secondary N) is 1. The molecule has 0 saturated heterocycles. The minimum atomic E-state index is -0.448. The van der Waals surface area contributed by atoms with E-state index in [0.29, 0.717) is 28.2 Å². The van der Waals surface area contributed by atoms with Gasteiger partial charge in [0.2, 0.25) is 0 Å². The van der Waals surface area contributed by atoms with Crippen LogP contribution in [0.15, 0.2) is 22.7 Å². The molecule has 0 aromatic carbocycles. The average Bonchev–Trinajstić information content (AvgIpc) is 3.30. The maximum atomic E-state index is 11.8. The molecule has 0 fully saturated rings. The molecule has 1 amide bonds. The second-order valence-corrected chi connectivity index (χ2v) is 6.97. The Morgan fingerprint density at radius 3 is 2.88 bits per heavy atom. The van der Waals surface area contributed by atoms with Crippen molar-refractivity contribution in [1.82, 2.24) is 15.0 Å². The standard InChI is InChI=1S/C19H19ClN4O2/c1-3-10(15-12(20)8-22-19-17(15)23-9(2)24-19)4-5-11-13-6-7-14(26-13)16(11)18(21)25/h6-8,10H,3-5H2,1-2H3,(H2,21,25)(H,22,23,24). The van der Waals surface area contributed by atoms with E-state index >= 15 is 0 Å². The number of halogens is 1. The predicted molar refractivity (Wildman–Crippen MR) is 101 cm³/mol. The number of aromatic amines is 1. The minimum Gasteiger partial charge on any atom is -0.456 e. The highest BCUT2D eigenvalue weighted by atomic mass is 35.5. The van der Waals surface area contributed by atoms with Gasteiger partial charge in [-0.15, -0.1) is 0 Å². The zero-order chi connectivity index (χ0) is 18.4. The highest BCUT2D eigenvalue weighted by molar-refractivity contribution is 6.32. The van der Waals surface area contributed by atoms with Crippen molar-refractivity contribution in [3.63, 3.8) is 0 Å². The maximum Gasteiger partial charge on any atom is 0.252 e. The monoisotopic (exact) mass is 370 g/mol. The molecule has 0 aliphatic carbocycles. The van der Waals surface area contributed by atoms with Crippen molar-refractivity contribution >= 4 is 39.8 Å². The Kier molecular flexibility index (Phi) is 4.07. The van der Waals surface area contributed by atoms with Gasteiger partial charge in [0.15, 0.2) is 5.65 Å². The summed E-state index contributed by atoms with van der Waals surface area (Å²) in [6, 6.07) is 3.67. The van der Waals surface area contributed by atoms with Crippen molar-refractivity contribution in [3.8, 4) is 0 Å². The van der Waals surface area contributed by atoms with Gasteiger partial charge >= 0.3 is 0 Å². The molecule has 0 saturated carbocycles. The number of nitrogens with zero attached hydrogens (tertiary/aromatic N) is 2. The largest absolute Gasteiger partial charge is 0.456 e. The van der Waals surface area contributed by atoms with E-state index in [1.807, 2.05) is 13.0 Å². The molecule has 2 bridgehead atoms. The summed E-state index contributed by atoms with van der Waals surface area (Å²) in [7, 11) is 0. The average molecular weight is 371 g/mol. The summed E-state index contributed by atoms with van der Waals surface area (Å²) in [4.78, 5) is 23.8. The summed E-state index contributed by atoms with van der Waals surface area (Å²) in [5.74, 6) is 0.558. The fourth-order valence-corrected chi connectivity index (χ4v) is 4.06. The summed E-state index contributed by atoms with van der Waals surface area (Å²) in [6.07, 6.45) is 4.06. The summed E-state index contributed by atoms with van der Waals surface area (Å²) in [6.45, 7) is 4.02. The number of carbonyl (C=O) groups excluding carboxylic acids is 1. The van der Waals surface area contributed by atoms with Gasteiger partial charge in [-0.25, -0.2) is 9.97 Å². The van der Waals surface area contributed by atoms with Gasteiger partial charge in [0.1, 0.15) is 17.0 Å². The Balaban J connectivity index is 1.68. The van der Waals surface area contributed by atoms with E-state index in [1.54, 1.807) is 12.3 Å². The first-order chi connectivity index (χ1) is 12.5. The second kappa shape index (κ2) is 6.29. The summed E-state index contributed by atoms with van der Waals surface area (Å²) < 4.78 is 5.62. The number of hydrogen-bond donors (Lipinski definition) is 2. The Bertz CT molecular complexity index is 1100. The normalized spacial score (nSPS) is 13.0. The fraction of sp³-hybridized carbons (Fsp3) is 0.316. The quantitative estimate of drug-likeness (QED) is 0.527. The lowest BCUT2D eigenvalue weighted by molar-refractivity contribution is 0.100. The molecule has 1 unspecified atom stereocenters. The van der Waals surface area contributed by atoms with E-state index in [2.05, 4.69) is 21.9 Å². The number of furan rings is 2. The third-order valence-electron chi connectivity index (χ3n) is 4.97. The van der Waals surface area contributed by atoms with Gasteiger partial charge in [0.25, 0.3) is 5.91 Å². The van der Waals surface area contributed by atoms with Gasteiger partial charge < -0.3 is 15.1 Å². The Hall–Kier alpha value is -2.60. The molecule has 4 rings (SSSR count). The smallest absolute Gasteiger partial charge is 0.252 e. The molecule has 6 nitrogen and oxygen atoms in total. The van der Waals surface area contributed by atoms with Crippen molar-refractivity contribution in [3.05, 3.63) is 45.9 Å². The molecule has 4 heterocycles. The third kappa shape index (κ3) is 2.61. The summed E-state index contributed by atoms with van der Waals surface area (Å²) >= 11 is 6.48. The van der Waals surface area contributed by atoms with E-state index in [0.717, 1.165) is 40.9 Å². The number of rotatable bonds is 6. The first-order valence-electron chi connectivity index (χ1n) is 8.63. The van der Waals surface area contributed by atoms with E-state index in [4.69, 9.17) is 21.8 Å². The van der Waals surface area contributed by atoms with Crippen LogP contribution in [0.3, 0.4) is 0 Å². The Labute approximate surface area is 155 Å². The van der Waals surface area contributed by atoms with Crippen LogP contribution in [0.25, 0.3) is 22.3 Å². The summed E-state index contributed by atoms with van der Waals surface area (Å²) in [5, 5.41) is 0.628. The first kappa shape index (κ1) is 16.8. The molecular formula is C19H19ClN4O2. The number of nitrogens with two attached hydrogens (primary N) is 1. The van der Waals surface area contributed by atoms with Crippen LogP contribution in [0.4, 0.5) is 0 Å². The van der Waals surface area contributed by atoms with Gasteiger partial charge in [0.05, 0.1) is 16.1 Å². The van der Waals surface area contributed by atoms with Crippen molar-refractivity contribution < 1.29 is 9.21 Å². The zero-order valence-corrected chi connectivity index (χ0v) is 15.4. The van der Waals surface area contributed by atoms with E-state index < -0.39 is 5.91 Å². The van der Waals surface area contributed by atoms with Gasteiger partial charge in [-0.3, -0.25) is 4.79 Å².